The number of imidazole rings is 1. The van der Waals surface area contributed by atoms with Crippen molar-refractivity contribution in [2.24, 2.45) is 0 Å². The number of anilines is 1. The molecule has 130 valence electrons. The topological polar surface area (TPSA) is 83.8 Å². The first-order valence-corrected chi connectivity index (χ1v) is 8.48. The molecule has 5 aromatic rings. The molecule has 1 amide bonds. The summed E-state index contributed by atoms with van der Waals surface area (Å²) in [5.41, 5.74) is 3.49. The van der Waals surface area contributed by atoms with Gasteiger partial charge in [-0.15, -0.1) is 0 Å². The lowest BCUT2D eigenvalue weighted by molar-refractivity contribution is 0.102. The number of hydrogen-bond acceptors (Lipinski definition) is 4. The van der Waals surface area contributed by atoms with Gasteiger partial charge in [-0.25, -0.2) is 9.97 Å². The van der Waals surface area contributed by atoms with E-state index >= 15 is 0 Å². The van der Waals surface area contributed by atoms with Gasteiger partial charge in [-0.1, -0.05) is 30.3 Å². The van der Waals surface area contributed by atoms with Crippen LogP contribution in [0.15, 0.2) is 77.4 Å². The van der Waals surface area contributed by atoms with Crippen LogP contribution in [0, 0.1) is 0 Å². The Hall–Kier alpha value is -3.93. The van der Waals surface area contributed by atoms with Gasteiger partial charge in [0, 0.05) is 5.39 Å². The fourth-order valence-electron chi connectivity index (χ4n) is 3.10. The van der Waals surface area contributed by atoms with Crippen molar-refractivity contribution in [1.29, 1.82) is 0 Å². The number of pyridine rings is 1. The molecule has 0 saturated carbocycles. The number of nitrogens with one attached hydrogen (secondary N) is 2. The number of amides is 1. The second-order valence-corrected chi connectivity index (χ2v) is 6.11. The smallest absolute Gasteiger partial charge is 0.258 e. The van der Waals surface area contributed by atoms with Gasteiger partial charge in [-0.3, -0.25) is 10.1 Å². The molecule has 27 heavy (non-hydrogen) atoms. The highest BCUT2D eigenvalue weighted by molar-refractivity contribution is 6.12. The Morgan fingerprint density at radius 3 is 2.56 bits per heavy atom. The number of aromatic amines is 1. The van der Waals surface area contributed by atoms with Gasteiger partial charge in [0.25, 0.3) is 5.91 Å². The fraction of sp³-hybridized carbons (Fsp3) is 0. The predicted octanol–water partition coefficient (Wildman–Crippen LogP) is 4.62. The largest absolute Gasteiger partial charge is 0.463 e. The number of benzene rings is 2. The number of rotatable bonds is 3. The Bertz CT molecular complexity index is 1240. The number of nitrogens with zero attached hydrogens (tertiary/aromatic N) is 2. The lowest BCUT2D eigenvalue weighted by atomic mass is 10.1. The lowest BCUT2D eigenvalue weighted by Gasteiger charge is -2.08. The summed E-state index contributed by atoms with van der Waals surface area (Å²) < 4.78 is 5.45. The number of H-pyrrole nitrogens is 1. The minimum atomic E-state index is -0.263. The number of aromatic nitrogens is 3. The standard InChI is InChI=1S/C21H14N4O2/c26-20(25-21-23-16-8-3-4-9-17(16)24-21)14-12-18(19-10-5-11-27-19)22-15-7-2-1-6-13(14)15/h1-12H,(H2,23,24,25,26). The second kappa shape index (κ2) is 6.10. The highest BCUT2D eigenvalue weighted by Gasteiger charge is 2.16. The van der Waals surface area contributed by atoms with E-state index in [1.165, 1.54) is 0 Å². The second-order valence-electron chi connectivity index (χ2n) is 6.11. The van der Waals surface area contributed by atoms with Crippen molar-refractivity contribution in [3.63, 3.8) is 0 Å². The number of carbonyl (C=O) groups is 1. The maximum atomic E-state index is 13.0. The van der Waals surface area contributed by atoms with E-state index < -0.39 is 0 Å². The molecular formula is C21H14N4O2. The maximum absolute atomic E-state index is 13.0. The van der Waals surface area contributed by atoms with Gasteiger partial charge in [0.1, 0.15) is 5.69 Å². The Labute approximate surface area is 153 Å². The minimum absolute atomic E-state index is 0.263. The molecule has 2 N–H and O–H groups in total. The van der Waals surface area contributed by atoms with Crippen molar-refractivity contribution >= 4 is 33.8 Å². The summed E-state index contributed by atoms with van der Waals surface area (Å²) in [6, 6.07) is 20.5. The summed E-state index contributed by atoms with van der Waals surface area (Å²) in [6.07, 6.45) is 1.58. The van der Waals surface area contributed by atoms with Gasteiger partial charge in [-0.2, -0.15) is 0 Å². The van der Waals surface area contributed by atoms with Crippen molar-refractivity contribution in [3.8, 4) is 11.5 Å². The molecule has 0 unspecified atom stereocenters. The first-order valence-electron chi connectivity index (χ1n) is 8.48. The number of fused-ring (bicyclic) bond motifs is 2. The van der Waals surface area contributed by atoms with E-state index in [4.69, 9.17) is 4.42 Å². The number of para-hydroxylation sites is 3. The first kappa shape index (κ1) is 15.3. The average Bonchev–Trinajstić information content (AvgIpc) is 3.36. The molecule has 6 nitrogen and oxygen atoms in total. The minimum Gasteiger partial charge on any atom is -0.463 e. The molecule has 0 fully saturated rings. The Kier molecular flexibility index (Phi) is 3.47. The number of carbonyl (C=O) groups excluding carboxylic acids is 1. The van der Waals surface area contributed by atoms with Crippen LogP contribution < -0.4 is 5.32 Å². The van der Waals surface area contributed by atoms with Gasteiger partial charge in [0.15, 0.2) is 5.76 Å². The molecular weight excluding hydrogens is 340 g/mol. The Morgan fingerprint density at radius 2 is 1.74 bits per heavy atom. The summed E-state index contributed by atoms with van der Waals surface area (Å²) in [6.45, 7) is 0. The van der Waals surface area contributed by atoms with Crippen LogP contribution in [0.5, 0.6) is 0 Å². The molecule has 0 saturated heterocycles. The molecule has 0 bridgehead atoms. The van der Waals surface area contributed by atoms with Gasteiger partial charge < -0.3 is 9.40 Å². The predicted molar refractivity (Wildman–Crippen MR) is 103 cm³/mol. The van der Waals surface area contributed by atoms with Crippen LogP contribution in [-0.2, 0) is 0 Å². The summed E-state index contributed by atoms with van der Waals surface area (Å²) in [5.74, 6) is 0.751. The van der Waals surface area contributed by atoms with Crippen LogP contribution in [0.2, 0.25) is 0 Å². The van der Waals surface area contributed by atoms with Crippen LogP contribution in [-0.4, -0.2) is 20.9 Å². The molecule has 2 aromatic carbocycles. The molecule has 0 aliphatic carbocycles. The van der Waals surface area contributed by atoms with Crippen LogP contribution in [0.4, 0.5) is 5.95 Å². The van der Waals surface area contributed by atoms with Gasteiger partial charge >= 0.3 is 0 Å². The third-order valence-electron chi connectivity index (χ3n) is 4.36. The van der Waals surface area contributed by atoms with Crippen molar-refractivity contribution in [2.75, 3.05) is 5.32 Å². The third-order valence-corrected chi connectivity index (χ3v) is 4.36. The molecule has 0 aliphatic heterocycles. The first-order chi connectivity index (χ1) is 13.3. The van der Waals surface area contributed by atoms with Crippen LogP contribution in [0.1, 0.15) is 10.4 Å². The normalized spacial score (nSPS) is 11.1. The number of hydrogen-bond donors (Lipinski definition) is 2. The zero-order valence-electron chi connectivity index (χ0n) is 14.1. The van der Waals surface area contributed by atoms with Crippen molar-refractivity contribution in [3.05, 3.63) is 78.6 Å². The molecule has 0 atom stereocenters. The Morgan fingerprint density at radius 1 is 0.926 bits per heavy atom. The van der Waals surface area contributed by atoms with Crippen molar-refractivity contribution < 1.29 is 9.21 Å². The highest BCUT2D eigenvalue weighted by Crippen LogP contribution is 2.26. The van der Waals surface area contributed by atoms with Gasteiger partial charge in [0.2, 0.25) is 5.95 Å². The summed E-state index contributed by atoms with van der Waals surface area (Å²) >= 11 is 0. The average molecular weight is 354 g/mol. The van der Waals surface area contributed by atoms with E-state index in [1.54, 1.807) is 18.4 Å². The fourth-order valence-corrected chi connectivity index (χ4v) is 3.10. The number of furan rings is 1. The van der Waals surface area contributed by atoms with E-state index in [-0.39, 0.29) is 5.91 Å². The zero-order valence-corrected chi connectivity index (χ0v) is 14.1. The molecule has 3 heterocycles. The van der Waals surface area contributed by atoms with Crippen molar-refractivity contribution in [1.82, 2.24) is 15.0 Å². The lowest BCUT2D eigenvalue weighted by Crippen LogP contribution is -2.14. The van der Waals surface area contributed by atoms with Crippen LogP contribution >= 0.6 is 0 Å². The van der Waals surface area contributed by atoms with Gasteiger partial charge in [-0.05, 0) is 36.4 Å². The Balaban J connectivity index is 1.59. The van der Waals surface area contributed by atoms with E-state index in [0.29, 0.717) is 23.0 Å². The molecule has 0 aliphatic rings. The third kappa shape index (κ3) is 2.73. The summed E-state index contributed by atoms with van der Waals surface area (Å²) in [5, 5.41) is 3.61. The van der Waals surface area contributed by atoms with E-state index in [9.17, 15) is 4.79 Å². The van der Waals surface area contributed by atoms with E-state index in [0.717, 1.165) is 21.9 Å². The molecule has 3 aromatic heterocycles. The molecule has 0 spiro atoms. The van der Waals surface area contributed by atoms with Crippen LogP contribution in [0.25, 0.3) is 33.4 Å². The highest BCUT2D eigenvalue weighted by atomic mass is 16.3. The monoisotopic (exact) mass is 354 g/mol. The molecule has 6 heteroatoms. The summed E-state index contributed by atoms with van der Waals surface area (Å²) in [7, 11) is 0. The van der Waals surface area contributed by atoms with E-state index in [1.807, 2.05) is 54.6 Å². The van der Waals surface area contributed by atoms with Crippen molar-refractivity contribution in [2.45, 2.75) is 0 Å². The summed E-state index contributed by atoms with van der Waals surface area (Å²) in [4.78, 5) is 25.1. The molecule has 5 rings (SSSR count). The van der Waals surface area contributed by atoms with Crippen LogP contribution in [0.3, 0.4) is 0 Å². The molecule has 0 radical (unpaired) electrons. The van der Waals surface area contributed by atoms with Gasteiger partial charge in [0.05, 0.1) is 28.4 Å². The maximum Gasteiger partial charge on any atom is 0.258 e. The van der Waals surface area contributed by atoms with E-state index in [2.05, 4.69) is 20.3 Å². The SMILES string of the molecule is O=C(Nc1nc2ccccc2[nH]1)c1cc(-c2ccco2)nc2ccccc12. The zero-order chi connectivity index (χ0) is 18.2. The quantitative estimate of drug-likeness (QED) is 0.495.